The number of fused-ring (bicyclic) bond motifs is 1. The van der Waals surface area contributed by atoms with Crippen molar-refractivity contribution < 1.29 is 9.90 Å². The average Bonchev–Trinajstić information content (AvgIpc) is 2.55. The normalized spacial score (nSPS) is 22.3. The number of carbonyl (C=O) groups is 1. The van der Waals surface area contributed by atoms with Crippen LogP contribution < -0.4 is 5.32 Å². The Hall–Kier alpha value is -1.35. The van der Waals surface area contributed by atoms with Crippen LogP contribution in [0.25, 0.3) is 0 Å². The first kappa shape index (κ1) is 14.1. The zero-order valence-electron chi connectivity index (χ0n) is 12.1. The highest BCUT2D eigenvalue weighted by molar-refractivity contribution is 5.74. The number of hydrogen-bond donors (Lipinski definition) is 2. The summed E-state index contributed by atoms with van der Waals surface area (Å²) in [6, 6.07) is 7.93. The van der Waals surface area contributed by atoms with Crippen molar-refractivity contribution in [3.05, 3.63) is 35.4 Å². The van der Waals surface area contributed by atoms with Gasteiger partial charge >= 0.3 is 5.97 Å². The Labute approximate surface area is 115 Å². The molecule has 2 unspecified atom stereocenters. The standard InChI is InChI=1S/C16H23NO2/c1-10(2)13(15(18)19)17-14-12-8-6-5-7-11(12)9-16(14,3)4/h5-8,10,13-14,17H,9H2,1-4H3,(H,18,19). The Morgan fingerprint density at radius 1 is 1.37 bits per heavy atom. The molecule has 1 aromatic rings. The summed E-state index contributed by atoms with van der Waals surface area (Å²) in [5, 5.41) is 12.7. The summed E-state index contributed by atoms with van der Waals surface area (Å²) in [6.07, 6.45) is 0.991. The molecule has 1 aliphatic carbocycles. The highest BCUT2D eigenvalue weighted by Gasteiger charge is 2.41. The quantitative estimate of drug-likeness (QED) is 0.876. The Morgan fingerprint density at radius 3 is 2.58 bits per heavy atom. The molecule has 3 nitrogen and oxygen atoms in total. The molecular formula is C16H23NO2. The second kappa shape index (κ2) is 4.97. The Morgan fingerprint density at radius 2 is 2.00 bits per heavy atom. The van der Waals surface area contributed by atoms with E-state index in [1.807, 2.05) is 19.9 Å². The van der Waals surface area contributed by atoms with Gasteiger partial charge in [-0.1, -0.05) is 52.0 Å². The van der Waals surface area contributed by atoms with Gasteiger partial charge in [0.15, 0.2) is 0 Å². The van der Waals surface area contributed by atoms with E-state index in [4.69, 9.17) is 0 Å². The largest absolute Gasteiger partial charge is 0.480 e. The molecule has 19 heavy (non-hydrogen) atoms. The Balaban J connectivity index is 2.30. The number of aliphatic carboxylic acids is 1. The molecule has 0 spiro atoms. The van der Waals surface area contributed by atoms with Crippen LogP contribution in [0.5, 0.6) is 0 Å². The van der Waals surface area contributed by atoms with Crippen LogP contribution in [0.4, 0.5) is 0 Å². The van der Waals surface area contributed by atoms with Gasteiger partial charge in [-0.25, -0.2) is 0 Å². The van der Waals surface area contributed by atoms with Gasteiger partial charge in [0.05, 0.1) is 0 Å². The first-order chi connectivity index (χ1) is 8.83. The predicted molar refractivity (Wildman–Crippen MR) is 76.1 cm³/mol. The molecule has 2 rings (SSSR count). The van der Waals surface area contributed by atoms with Crippen molar-refractivity contribution in [3.8, 4) is 0 Å². The van der Waals surface area contributed by atoms with Crippen molar-refractivity contribution >= 4 is 5.97 Å². The van der Waals surface area contributed by atoms with Gasteiger partial charge in [-0.3, -0.25) is 10.1 Å². The van der Waals surface area contributed by atoms with Gasteiger partial charge in [0.25, 0.3) is 0 Å². The van der Waals surface area contributed by atoms with Gasteiger partial charge in [-0.15, -0.1) is 0 Å². The summed E-state index contributed by atoms with van der Waals surface area (Å²) in [6.45, 7) is 8.28. The monoisotopic (exact) mass is 261 g/mol. The lowest BCUT2D eigenvalue weighted by molar-refractivity contribution is -0.141. The van der Waals surface area contributed by atoms with Gasteiger partial charge in [-0.05, 0) is 28.9 Å². The molecule has 0 heterocycles. The Bertz CT molecular complexity index is 479. The van der Waals surface area contributed by atoms with E-state index in [2.05, 4.69) is 37.4 Å². The first-order valence-electron chi connectivity index (χ1n) is 6.89. The molecule has 0 aliphatic heterocycles. The van der Waals surface area contributed by atoms with Crippen molar-refractivity contribution in [3.63, 3.8) is 0 Å². The molecule has 0 bridgehead atoms. The molecule has 1 aliphatic rings. The van der Waals surface area contributed by atoms with E-state index in [9.17, 15) is 9.90 Å². The summed E-state index contributed by atoms with van der Waals surface area (Å²) in [5.74, 6) is -0.698. The number of rotatable bonds is 4. The van der Waals surface area contributed by atoms with Crippen LogP contribution in [0.2, 0.25) is 0 Å². The third-order valence-corrected chi connectivity index (χ3v) is 4.07. The molecule has 1 aromatic carbocycles. The fourth-order valence-electron chi connectivity index (χ4n) is 3.03. The van der Waals surface area contributed by atoms with Gasteiger partial charge in [0.2, 0.25) is 0 Å². The zero-order valence-corrected chi connectivity index (χ0v) is 12.1. The van der Waals surface area contributed by atoms with Crippen LogP contribution in [0.15, 0.2) is 24.3 Å². The molecule has 0 aromatic heterocycles. The molecule has 0 saturated heterocycles. The number of nitrogens with one attached hydrogen (secondary N) is 1. The van der Waals surface area contributed by atoms with Crippen LogP contribution in [0.3, 0.4) is 0 Å². The first-order valence-corrected chi connectivity index (χ1v) is 6.89. The molecule has 104 valence electrons. The van der Waals surface area contributed by atoms with Crippen LogP contribution in [-0.4, -0.2) is 17.1 Å². The minimum atomic E-state index is -0.768. The van der Waals surface area contributed by atoms with Crippen LogP contribution in [0.1, 0.15) is 44.9 Å². The second-order valence-electron chi connectivity index (χ2n) is 6.52. The Kier molecular flexibility index (Phi) is 3.68. The highest BCUT2D eigenvalue weighted by atomic mass is 16.4. The minimum absolute atomic E-state index is 0.0479. The van der Waals surface area contributed by atoms with Gasteiger partial charge in [0, 0.05) is 6.04 Å². The number of carboxylic acids is 1. The van der Waals surface area contributed by atoms with E-state index < -0.39 is 12.0 Å². The van der Waals surface area contributed by atoms with Crippen LogP contribution >= 0.6 is 0 Å². The van der Waals surface area contributed by atoms with E-state index in [-0.39, 0.29) is 17.4 Å². The summed E-state index contributed by atoms with van der Waals surface area (Å²) in [7, 11) is 0. The smallest absolute Gasteiger partial charge is 0.320 e. The molecule has 0 saturated carbocycles. The summed E-state index contributed by atoms with van der Waals surface area (Å²) in [4.78, 5) is 11.4. The fraction of sp³-hybridized carbons (Fsp3) is 0.562. The number of benzene rings is 1. The summed E-state index contributed by atoms with van der Waals surface area (Å²) in [5.41, 5.74) is 2.63. The molecule has 3 heteroatoms. The molecular weight excluding hydrogens is 238 g/mol. The predicted octanol–water partition coefficient (Wildman–Crippen LogP) is 3.01. The summed E-state index contributed by atoms with van der Waals surface area (Å²) < 4.78 is 0. The topological polar surface area (TPSA) is 49.3 Å². The van der Waals surface area contributed by atoms with Crippen molar-refractivity contribution in [1.82, 2.24) is 5.32 Å². The van der Waals surface area contributed by atoms with Gasteiger partial charge in [0.1, 0.15) is 6.04 Å². The van der Waals surface area contributed by atoms with E-state index in [0.717, 1.165) is 6.42 Å². The van der Waals surface area contributed by atoms with Crippen molar-refractivity contribution in [2.45, 2.75) is 46.2 Å². The van der Waals surface area contributed by atoms with E-state index in [1.54, 1.807) is 0 Å². The van der Waals surface area contributed by atoms with Gasteiger partial charge in [-0.2, -0.15) is 0 Å². The lowest BCUT2D eigenvalue weighted by Crippen LogP contribution is -2.46. The fourth-order valence-corrected chi connectivity index (χ4v) is 3.03. The lowest BCUT2D eigenvalue weighted by Gasteiger charge is -2.32. The summed E-state index contributed by atoms with van der Waals surface area (Å²) >= 11 is 0. The van der Waals surface area contributed by atoms with E-state index in [1.165, 1.54) is 11.1 Å². The van der Waals surface area contributed by atoms with E-state index >= 15 is 0 Å². The van der Waals surface area contributed by atoms with Crippen molar-refractivity contribution in [1.29, 1.82) is 0 Å². The maximum atomic E-state index is 11.4. The average molecular weight is 261 g/mol. The molecule has 2 atom stereocenters. The number of hydrogen-bond acceptors (Lipinski definition) is 2. The van der Waals surface area contributed by atoms with Crippen LogP contribution in [-0.2, 0) is 11.2 Å². The number of carboxylic acid groups (broad SMARTS) is 1. The third-order valence-electron chi connectivity index (χ3n) is 4.07. The second-order valence-corrected chi connectivity index (χ2v) is 6.52. The SMILES string of the molecule is CC(C)C(NC1c2ccccc2CC1(C)C)C(=O)O. The van der Waals surface area contributed by atoms with E-state index in [0.29, 0.717) is 0 Å². The maximum absolute atomic E-state index is 11.4. The van der Waals surface area contributed by atoms with Gasteiger partial charge < -0.3 is 5.11 Å². The highest BCUT2D eigenvalue weighted by Crippen LogP contribution is 2.45. The van der Waals surface area contributed by atoms with Crippen molar-refractivity contribution in [2.75, 3.05) is 0 Å². The third kappa shape index (κ3) is 2.66. The zero-order chi connectivity index (χ0) is 14.2. The molecule has 0 fully saturated rings. The minimum Gasteiger partial charge on any atom is -0.480 e. The molecule has 0 radical (unpaired) electrons. The van der Waals surface area contributed by atoms with Crippen LogP contribution in [0, 0.1) is 11.3 Å². The molecule has 0 amide bonds. The molecule has 2 N–H and O–H groups in total. The van der Waals surface area contributed by atoms with Crippen molar-refractivity contribution in [2.24, 2.45) is 11.3 Å². The maximum Gasteiger partial charge on any atom is 0.320 e. The lowest BCUT2D eigenvalue weighted by atomic mass is 9.84.